The molecule has 1 aliphatic rings. The van der Waals surface area contributed by atoms with E-state index >= 15 is 0 Å². The van der Waals surface area contributed by atoms with E-state index in [2.05, 4.69) is 20.9 Å². The van der Waals surface area contributed by atoms with E-state index in [4.69, 9.17) is 0 Å². The molecule has 4 rings (SSSR count). The van der Waals surface area contributed by atoms with Gasteiger partial charge in [0.2, 0.25) is 5.91 Å². The molecule has 6 nitrogen and oxygen atoms in total. The summed E-state index contributed by atoms with van der Waals surface area (Å²) < 4.78 is 26.4. The normalized spacial score (nSPS) is 12.5. The maximum atomic E-state index is 13.3. The number of fused-ring (bicyclic) bond motifs is 1. The van der Waals surface area contributed by atoms with Crippen molar-refractivity contribution in [1.82, 2.24) is 10.3 Å². The molecule has 0 saturated carbocycles. The third-order valence-corrected chi connectivity index (χ3v) is 4.62. The Kier molecular flexibility index (Phi) is 5.70. The molecule has 0 radical (unpaired) electrons. The number of carbonyl (C=O) groups is 2. The van der Waals surface area contributed by atoms with Gasteiger partial charge < -0.3 is 16.0 Å². The van der Waals surface area contributed by atoms with Crippen molar-refractivity contribution >= 4 is 35.1 Å². The summed E-state index contributed by atoms with van der Waals surface area (Å²) in [4.78, 5) is 28.0. The zero-order chi connectivity index (χ0) is 21.8. The van der Waals surface area contributed by atoms with E-state index < -0.39 is 11.6 Å². The van der Waals surface area contributed by atoms with Crippen molar-refractivity contribution in [1.29, 1.82) is 0 Å². The van der Waals surface area contributed by atoms with E-state index in [-0.39, 0.29) is 24.1 Å². The summed E-state index contributed by atoms with van der Waals surface area (Å²) in [5.74, 6) is -1.98. The van der Waals surface area contributed by atoms with Gasteiger partial charge in [0, 0.05) is 24.0 Å². The highest BCUT2D eigenvalue weighted by Gasteiger charge is 2.16. The molecule has 0 unspecified atom stereocenters. The van der Waals surface area contributed by atoms with Crippen LogP contribution in [0.2, 0.25) is 0 Å². The highest BCUT2D eigenvalue weighted by Crippen LogP contribution is 2.24. The summed E-state index contributed by atoms with van der Waals surface area (Å²) in [6, 6.07) is 13.9. The molecular formula is C23H18F2N4O2. The fourth-order valence-electron chi connectivity index (χ4n) is 3.13. The average molecular weight is 420 g/mol. The summed E-state index contributed by atoms with van der Waals surface area (Å²) in [5.41, 5.74) is 3.19. The lowest BCUT2D eigenvalue weighted by Gasteiger charge is -2.08. The van der Waals surface area contributed by atoms with Gasteiger partial charge in [0.25, 0.3) is 5.91 Å². The zero-order valence-corrected chi connectivity index (χ0v) is 16.3. The van der Waals surface area contributed by atoms with Gasteiger partial charge in [-0.15, -0.1) is 0 Å². The third-order valence-electron chi connectivity index (χ3n) is 4.62. The maximum Gasteiger partial charge on any atom is 0.270 e. The molecule has 0 bridgehead atoms. The van der Waals surface area contributed by atoms with Crippen molar-refractivity contribution in [2.75, 3.05) is 17.2 Å². The van der Waals surface area contributed by atoms with Crippen LogP contribution < -0.4 is 16.0 Å². The van der Waals surface area contributed by atoms with E-state index in [0.717, 1.165) is 28.9 Å². The summed E-state index contributed by atoms with van der Waals surface area (Å²) in [5, 5.41) is 8.38. The van der Waals surface area contributed by atoms with E-state index in [1.807, 2.05) is 24.3 Å². The predicted octanol–water partition coefficient (Wildman–Crippen LogP) is 4.04. The maximum absolute atomic E-state index is 13.3. The van der Waals surface area contributed by atoms with Crippen molar-refractivity contribution in [2.24, 2.45) is 0 Å². The Balaban J connectivity index is 1.34. The average Bonchev–Trinajstić information content (AvgIpc) is 3.13. The van der Waals surface area contributed by atoms with Gasteiger partial charge in [0.05, 0.1) is 6.42 Å². The van der Waals surface area contributed by atoms with Crippen molar-refractivity contribution in [2.45, 2.75) is 6.42 Å². The van der Waals surface area contributed by atoms with Crippen LogP contribution >= 0.6 is 0 Å². The number of anilines is 3. The first-order valence-electron chi connectivity index (χ1n) is 9.54. The fraction of sp³-hybridized carbons (Fsp3) is 0.0870. The molecule has 0 spiro atoms. The highest BCUT2D eigenvalue weighted by atomic mass is 19.2. The molecule has 3 N–H and O–H groups in total. The fourth-order valence-corrected chi connectivity index (χ4v) is 3.13. The molecular weight excluding hydrogens is 402 g/mol. The first-order chi connectivity index (χ1) is 15.0. The molecule has 0 saturated heterocycles. The van der Waals surface area contributed by atoms with Gasteiger partial charge in [0.1, 0.15) is 11.5 Å². The number of hydrogen-bond donors (Lipinski definition) is 3. The Morgan fingerprint density at radius 2 is 1.97 bits per heavy atom. The minimum atomic E-state index is -0.976. The lowest BCUT2D eigenvalue weighted by molar-refractivity contribution is -0.115. The molecule has 2 heterocycles. The number of nitrogens with one attached hydrogen (secondary N) is 3. The predicted molar refractivity (Wildman–Crippen MR) is 114 cm³/mol. The van der Waals surface area contributed by atoms with E-state index in [0.29, 0.717) is 17.9 Å². The molecule has 2 amide bonds. The monoisotopic (exact) mass is 420 g/mol. The standard InChI is InChI=1S/C23H18F2N4O2/c24-17-9-8-16(13-18(17)25)27-21-5-1-4-19(28-21)23(31)26-10-2-3-14-6-7-15-12-22(30)29-20(15)11-14/h1-9,11,13H,10,12H2,(H,26,31)(H,27,28)(H,29,30)/b3-2+. The molecule has 31 heavy (non-hydrogen) atoms. The molecule has 8 heteroatoms. The summed E-state index contributed by atoms with van der Waals surface area (Å²) in [6.07, 6.45) is 4.03. The van der Waals surface area contributed by atoms with Crippen LogP contribution in [-0.2, 0) is 11.2 Å². The van der Waals surface area contributed by atoms with Crippen molar-refractivity contribution in [3.8, 4) is 0 Å². The number of halogens is 2. The number of benzene rings is 2. The van der Waals surface area contributed by atoms with Crippen LogP contribution in [0.25, 0.3) is 6.08 Å². The second kappa shape index (κ2) is 8.74. The smallest absolute Gasteiger partial charge is 0.270 e. The zero-order valence-electron chi connectivity index (χ0n) is 16.3. The van der Waals surface area contributed by atoms with Gasteiger partial charge in [-0.1, -0.05) is 30.4 Å². The molecule has 1 aliphatic heterocycles. The molecule has 3 aromatic rings. The molecule has 0 fully saturated rings. The molecule has 2 aromatic carbocycles. The summed E-state index contributed by atoms with van der Waals surface area (Å²) >= 11 is 0. The Hall–Kier alpha value is -4.07. The van der Waals surface area contributed by atoms with E-state index in [1.54, 1.807) is 24.3 Å². The van der Waals surface area contributed by atoms with Crippen LogP contribution in [-0.4, -0.2) is 23.3 Å². The Bertz CT molecular complexity index is 1190. The SMILES string of the molecule is O=C1Cc2ccc(/C=C/CNC(=O)c3cccc(Nc4ccc(F)c(F)c4)n3)cc2N1. The van der Waals surface area contributed by atoms with Crippen LogP contribution in [0.3, 0.4) is 0 Å². The van der Waals surface area contributed by atoms with Crippen LogP contribution in [0.15, 0.2) is 60.7 Å². The Morgan fingerprint density at radius 1 is 1.10 bits per heavy atom. The van der Waals surface area contributed by atoms with Gasteiger partial charge in [0.15, 0.2) is 11.6 Å². The number of rotatable bonds is 6. The quantitative estimate of drug-likeness (QED) is 0.562. The van der Waals surface area contributed by atoms with E-state index in [1.165, 1.54) is 6.07 Å². The number of amides is 2. The van der Waals surface area contributed by atoms with E-state index in [9.17, 15) is 18.4 Å². The van der Waals surface area contributed by atoms with Gasteiger partial charge in [-0.2, -0.15) is 0 Å². The van der Waals surface area contributed by atoms with Crippen LogP contribution in [0.5, 0.6) is 0 Å². The Morgan fingerprint density at radius 3 is 2.81 bits per heavy atom. The van der Waals surface area contributed by atoms with Crippen LogP contribution in [0, 0.1) is 11.6 Å². The first kappa shape index (κ1) is 20.2. The number of aromatic nitrogens is 1. The summed E-state index contributed by atoms with van der Waals surface area (Å²) in [6.45, 7) is 0.283. The minimum Gasteiger partial charge on any atom is -0.347 e. The molecule has 156 valence electrons. The second-order valence-corrected chi connectivity index (χ2v) is 6.92. The van der Waals surface area contributed by atoms with Gasteiger partial charge >= 0.3 is 0 Å². The summed E-state index contributed by atoms with van der Waals surface area (Å²) in [7, 11) is 0. The van der Waals surface area contributed by atoms with Gasteiger partial charge in [-0.05, 0) is 41.5 Å². The lowest BCUT2D eigenvalue weighted by atomic mass is 10.1. The van der Waals surface area contributed by atoms with Crippen LogP contribution in [0.1, 0.15) is 21.6 Å². The van der Waals surface area contributed by atoms with Crippen molar-refractivity contribution < 1.29 is 18.4 Å². The Labute approximate surface area is 177 Å². The number of hydrogen-bond acceptors (Lipinski definition) is 4. The number of nitrogens with zero attached hydrogens (tertiary/aromatic N) is 1. The van der Waals surface area contributed by atoms with Gasteiger partial charge in [-0.3, -0.25) is 9.59 Å². The molecule has 1 aromatic heterocycles. The first-order valence-corrected chi connectivity index (χ1v) is 9.54. The second-order valence-electron chi connectivity index (χ2n) is 6.92. The largest absolute Gasteiger partial charge is 0.347 e. The third kappa shape index (κ3) is 4.92. The van der Waals surface area contributed by atoms with Crippen LogP contribution in [0.4, 0.5) is 26.0 Å². The number of pyridine rings is 1. The lowest BCUT2D eigenvalue weighted by Crippen LogP contribution is -2.24. The molecule has 0 aliphatic carbocycles. The topological polar surface area (TPSA) is 83.1 Å². The number of carbonyl (C=O) groups excluding carboxylic acids is 2. The molecule has 0 atom stereocenters. The van der Waals surface area contributed by atoms with Crippen molar-refractivity contribution in [3.05, 3.63) is 89.1 Å². The minimum absolute atomic E-state index is 0.0165. The van der Waals surface area contributed by atoms with Crippen molar-refractivity contribution in [3.63, 3.8) is 0 Å². The highest BCUT2D eigenvalue weighted by molar-refractivity contribution is 5.99. The van der Waals surface area contributed by atoms with Gasteiger partial charge in [-0.25, -0.2) is 13.8 Å².